The van der Waals surface area contributed by atoms with E-state index in [1.165, 1.54) is 6.26 Å². The maximum atomic E-state index is 9.78. The molecule has 96 valence electrons. The number of phenols is 1. The summed E-state index contributed by atoms with van der Waals surface area (Å²) in [7, 11) is 0. The highest BCUT2D eigenvalue weighted by Gasteiger charge is 2.10. The van der Waals surface area contributed by atoms with Gasteiger partial charge in [-0.25, -0.2) is 0 Å². The second-order valence-corrected chi connectivity index (χ2v) is 4.76. The topological polar surface area (TPSA) is 65.6 Å². The summed E-state index contributed by atoms with van der Waals surface area (Å²) < 4.78 is 5.75. The Morgan fingerprint density at radius 1 is 1.28 bits per heavy atom. The van der Waals surface area contributed by atoms with E-state index in [-0.39, 0.29) is 5.75 Å². The van der Waals surface area contributed by atoms with Crippen molar-refractivity contribution in [3.05, 3.63) is 52.4 Å². The third kappa shape index (κ3) is 3.13. The zero-order valence-electron chi connectivity index (χ0n) is 9.64. The molecule has 1 unspecified atom stereocenters. The Hall–Kier alpha value is -1.30. The lowest BCUT2D eigenvalue weighted by molar-refractivity contribution is 0.147. The molecule has 18 heavy (non-hydrogen) atoms. The van der Waals surface area contributed by atoms with Crippen LogP contribution < -0.4 is 5.32 Å². The van der Waals surface area contributed by atoms with Crippen LogP contribution in [0.5, 0.6) is 5.75 Å². The van der Waals surface area contributed by atoms with E-state index < -0.39 is 6.10 Å². The maximum Gasteiger partial charge on any atom is 0.134 e. The molecule has 1 aromatic heterocycles. The van der Waals surface area contributed by atoms with Gasteiger partial charge in [0.05, 0.1) is 10.7 Å². The molecule has 1 atom stereocenters. The molecule has 1 heterocycles. The summed E-state index contributed by atoms with van der Waals surface area (Å²) in [6, 6.07) is 8.91. The van der Waals surface area contributed by atoms with Crippen molar-refractivity contribution >= 4 is 15.9 Å². The van der Waals surface area contributed by atoms with Crippen molar-refractivity contribution in [1.82, 2.24) is 5.32 Å². The molecule has 0 radical (unpaired) electrons. The molecule has 0 aliphatic carbocycles. The van der Waals surface area contributed by atoms with Crippen LogP contribution in [0.2, 0.25) is 0 Å². The highest BCUT2D eigenvalue weighted by atomic mass is 79.9. The van der Waals surface area contributed by atoms with Gasteiger partial charge in [0, 0.05) is 18.7 Å². The number of aliphatic hydroxyl groups excluding tert-OH is 1. The van der Waals surface area contributed by atoms with Crippen LogP contribution in [0.25, 0.3) is 0 Å². The Labute approximate surface area is 113 Å². The number of rotatable bonds is 5. The van der Waals surface area contributed by atoms with Crippen LogP contribution in [0.15, 0.2) is 45.5 Å². The van der Waals surface area contributed by atoms with Crippen molar-refractivity contribution in [3.63, 3.8) is 0 Å². The van der Waals surface area contributed by atoms with E-state index in [4.69, 9.17) is 4.42 Å². The Morgan fingerprint density at radius 3 is 2.83 bits per heavy atom. The molecule has 0 saturated heterocycles. The number of furan rings is 1. The van der Waals surface area contributed by atoms with Crippen molar-refractivity contribution in [2.24, 2.45) is 0 Å². The molecule has 3 N–H and O–H groups in total. The van der Waals surface area contributed by atoms with E-state index in [1.54, 1.807) is 18.2 Å². The van der Waals surface area contributed by atoms with Crippen molar-refractivity contribution in [3.8, 4) is 5.75 Å². The van der Waals surface area contributed by atoms with Crippen LogP contribution in [0, 0.1) is 0 Å². The lowest BCUT2D eigenvalue weighted by Crippen LogP contribution is -2.20. The Kier molecular flexibility index (Phi) is 4.41. The molecule has 2 aromatic rings. The minimum Gasteiger partial charge on any atom is -0.506 e. The number of nitrogens with one attached hydrogen (secondary N) is 1. The van der Waals surface area contributed by atoms with Crippen LogP contribution in [0.4, 0.5) is 0 Å². The first-order chi connectivity index (χ1) is 8.68. The van der Waals surface area contributed by atoms with Crippen LogP contribution >= 0.6 is 15.9 Å². The average molecular weight is 312 g/mol. The van der Waals surface area contributed by atoms with Gasteiger partial charge >= 0.3 is 0 Å². The number of hydrogen-bond acceptors (Lipinski definition) is 4. The second-order valence-electron chi connectivity index (χ2n) is 3.91. The fraction of sp³-hybridized carbons (Fsp3) is 0.231. The number of aromatic hydroxyl groups is 1. The SMILES string of the molecule is Oc1c(Br)cccc1CNCC(O)c1ccco1. The quantitative estimate of drug-likeness (QED) is 0.794. The molecule has 0 saturated carbocycles. The number of benzene rings is 1. The van der Waals surface area contributed by atoms with Gasteiger partial charge in [-0.3, -0.25) is 0 Å². The summed E-state index contributed by atoms with van der Waals surface area (Å²) in [5.74, 6) is 0.749. The molecule has 0 aliphatic rings. The van der Waals surface area contributed by atoms with E-state index in [9.17, 15) is 10.2 Å². The number of hydrogen-bond donors (Lipinski definition) is 3. The summed E-state index contributed by atoms with van der Waals surface area (Å²) in [6.07, 6.45) is 0.841. The molecule has 0 spiro atoms. The lowest BCUT2D eigenvalue weighted by Gasteiger charge is -2.11. The van der Waals surface area contributed by atoms with Crippen LogP contribution in [-0.2, 0) is 6.54 Å². The molecule has 0 bridgehead atoms. The van der Waals surface area contributed by atoms with Gasteiger partial charge in [-0.05, 0) is 34.1 Å². The predicted molar refractivity (Wildman–Crippen MR) is 71.2 cm³/mol. The van der Waals surface area contributed by atoms with Crippen molar-refractivity contribution < 1.29 is 14.6 Å². The standard InChI is InChI=1S/C13H14BrNO3/c14-10-4-1-3-9(13(10)17)7-15-8-11(16)12-5-2-6-18-12/h1-6,11,15-17H,7-8H2. The summed E-state index contributed by atoms with van der Waals surface area (Å²) in [6.45, 7) is 0.836. The van der Waals surface area contributed by atoms with Gasteiger partial charge in [0.1, 0.15) is 17.6 Å². The summed E-state index contributed by atoms with van der Waals surface area (Å²) >= 11 is 3.26. The molecule has 0 amide bonds. The zero-order valence-corrected chi connectivity index (χ0v) is 11.2. The number of aliphatic hydroxyl groups is 1. The molecule has 4 nitrogen and oxygen atoms in total. The number of phenolic OH excluding ortho intramolecular Hbond substituents is 1. The summed E-state index contributed by atoms with van der Waals surface area (Å²) in [4.78, 5) is 0. The van der Waals surface area contributed by atoms with E-state index in [2.05, 4.69) is 21.2 Å². The zero-order chi connectivity index (χ0) is 13.0. The molecule has 0 aliphatic heterocycles. The Morgan fingerprint density at radius 2 is 2.11 bits per heavy atom. The van der Waals surface area contributed by atoms with Gasteiger partial charge in [-0.1, -0.05) is 12.1 Å². The van der Waals surface area contributed by atoms with Gasteiger partial charge in [0.2, 0.25) is 0 Å². The summed E-state index contributed by atoms with van der Waals surface area (Å²) in [5.41, 5.74) is 0.774. The first kappa shape index (κ1) is 13.1. The van der Waals surface area contributed by atoms with Gasteiger partial charge < -0.3 is 19.9 Å². The van der Waals surface area contributed by atoms with Crippen molar-refractivity contribution in [1.29, 1.82) is 0 Å². The summed E-state index contributed by atoms with van der Waals surface area (Å²) in [5, 5.41) is 22.6. The minimum absolute atomic E-state index is 0.220. The fourth-order valence-corrected chi connectivity index (χ4v) is 2.03. The molecule has 5 heteroatoms. The fourth-order valence-electron chi connectivity index (χ4n) is 1.63. The largest absolute Gasteiger partial charge is 0.506 e. The Balaban J connectivity index is 1.87. The van der Waals surface area contributed by atoms with E-state index >= 15 is 0 Å². The molecule has 2 rings (SSSR count). The van der Waals surface area contributed by atoms with Crippen LogP contribution in [0.1, 0.15) is 17.4 Å². The van der Waals surface area contributed by atoms with Crippen LogP contribution in [-0.4, -0.2) is 16.8 Å². The number of halogens is 1. The predicted octanol–water partition coefficient (Wildman–Crippen LogP) is 2.57. The highest BCUT2D eigenvalue weighted by Crippen LogP contribution is 2.27. The third-order valence-electron chi connectivity index (χ3n) is 2.60. The van der Waals surface area contributed by atoms with Crippen LogP contribution in [0.3, 0.4) is 0 Å². The van der Waals surface area contributed by atoms with E-state index in [0.717, 1.165) is 5.56 Å². The van der Waals surface area contributed by atoms with Crippen molar-refractivity contribution in [2.45, 2.75) is 12.6 Å². The Bertz CT molecular complexity index is 499. The molecular weight excluding hydrogens is 298 g/mol. The normalized spacial score (nSPS) is 12.6. The van der Waals surface area contributed by atoms with Crippen molar-refractivity contribution in [2.75, 3.05) is 6.54 Å². The average Bonchev–Trinajstić information content (AvgIpc) is 2.88. The molecule has 0 fully saturated rings. The minimum atomic E-state index is -0.686. The van der Waals surface area contributed by atoms with Gasteiger partial charge in [-0.15, -0.1) is 0 Å². The molecule has 1 aromatic carbocycles. The first-order valence-corrected chi connectivity index (χ1v) is 6.36. The number of para-hydroxylation sites is 1. The van der Waals surface area contributed by atoms with Gasteiger partial charge in [-0.2, -0.15) is 0 Å². The molecular formula is C13H14BrNO3. The first-order valence-electron chi connectivity index (χ1n) is 5.57. The third-order valence-corrected chi connectivity index (χ3v) is 3.23. The monoisotopic (exact) mass is 311 g/mol. The highest BCUT2D eigenvalue weighted by molar-refractivity contribution is 9.10. The van der Waals surface area contributed by atoms with E-state index in [0.29, 0.717) is 23.3 Å². The maximum absolute atomic E-state index is 9.78. The second kappa shape index (κ2) is 6.04. The van der Waals surface area contributed by atoms with Gasteiger partial charge in [0.25, 0.3) is 0 Å². The van der Waals surface area contributed by atoms with E-state index in [1.807, 2.05) is 12.1 Å². The van der Waals surface area contributed by atoms with Gasteiger partial charge in [0.15, 0.2) is 0 Å². The smallest absolute Gasteiger partial charge is 0.134 e. The lowest BCUT2D eigenvalue weighted by atomic mass is 10.2.